The third-order valence-corrected chi connectivity index (χ3v) is 3.64. The summed E-state index contributed by atoms with van der Waals surface area (Å²) in [5, 5.41) is 10.4. The second kappa shape index (κ2) is 6.42. The average molecular weight is 279 g/mol. The second-order valence-electron chi connectivity index (χ2n) is 3.92. The molecular weight excluding hydrogens is 262 g/mol. The Morgan fingerprint density at radius 2 is 2.32 bits per heavy atom. The van der Waals surface area contributed by atoms with Crippen molar-refractivity contribution < 1.29 is 0 Å². The molecule has 0 amide bonds. The van der Waals surface area contributed by atoms with Crippen LogP contribution in [0.15, 0.2) is 28.3 Å². The standard InChI is InChI=1S/C12H17N5OS/c1-3-13-10-7-9(5-6-14-10)8-19-12-16-15-11(18)17(12)4-2/h5-7H,3-4,8H2,1-2H3,(H,13,14)(H,15,18). The number of H-pyrrole nitrogens is 1. The van der Waals surface area contributed by atoms with Crippen molar-refractivity contribution in [3.8, 4) is 0 Å². The average Bonchev–Trinajstić information content (AvgIpc) is 2.77. The fourth-order valence-electron chi connectivity index (χ4n) is 1.68. The summed E-state index contributed by atoms with van der Waals surface area (Å²) in [6.45, 7) is 5.43. The van der Waals surface area contributed by atoms with Crippen molar-refractivity contribution in [2.24, 2.45) is 0 Å². The minimum Gasteiger partial charge on any atom is -0.370 e. The SMILES string of the molecule is CCNc1cc(CSc2n[nH]c(=O)n2CC)ccn1. The summed E-state index contributed by atoms with van der Waals surface area (Å²) < 4.78 is 1.62. The highest BCUT2D eigenvalue weighted by molar-refractivity contribution is 7.98. The van der Waals surface area contributed by atoms with E-state index in [4.69, 9.17) is 0 Å². The van der Waals surface area contributed by atoms with E-state index in [1.165, 1.54) is 11.8 Å². The van der Waals surface area contributed by atoms with E-state index >= 15 is 0 Å². The molecule has 0 unspecified atom stereocenters. The van der Waals surface area contributed by atoms with Crippen molar-refractivity contribution in [2.45, 2.75) is 31.3 Å². The van der Waals surface area contributed by atoms with E-state index in [1.807, 2.05) is 26.0 Å². The number of thioether (sulfide) groups is 1. The van der Waals surface area contributed by atoms with Crippen LogP contribution in [0.3, 0.4) is 0 Å². The van der Waals surface area contributed by atoms with Crippen LogP contribution >= 0.6 is 11.8 Å². The van der Waals surface area contributed by atoms with Crippen LogP contribution in [0.5, 0.6) is 0 Å². The first kappa shape index (κ1) is 13.7. The number of anilines is 1. The van der Waals surface area contributed by atoms with E-state index < -0.39 is 0 Å². The van der Waals surface area contributed by atoms with Crippen LogP contribution in [0.1, 0.15) is 19.4 Å². The van der Waals surface area contributed by atoms with Crippen molar-refractivity contribution in [1.82, 2.24) is 19.7 Å². The van der Waals surface area contributed by atoms with Crippen LogP contribution in [-0.4, -0.2) is 26.3 Å². The van der Waals surface area contributed by atoms with Crippen LogP contribution in [0.25, 0.3) is 0 Å². The predicted molar refractivity (Wildman–Crippen MR) is 76.5 cm³/mol. The van der Waals surface area contributed by atoms with Crippen LogP contribution in [0, 0.1) is 0 Å². The molecule has 0 bridgehead atoms. The molecule has 0 saturated heterocycles. The van der Waals surface area contributed by atoms with Crippen molar-refractivity contribution in [1.29, 1.82) is 0 Å². The smallest absolute Gasteiger partial charge is 0.343 e. The lowest BCUT2D eigenvalue weighted by atomic mass is 10.3. The molecule has 2 aromatic heterocycles. The highest BCUT2D eigenvalue weighted by Gasteiger charge is 2.07. The lowest BCUT2D eigenvalue weighted by Gasteiger charge is -2.05. The molecule has 2 rings (SSSR count). The maximum Gasteiger partial charge on any atom is 0.343 e. The zero-order valence-electron chi connectivity index (χ0n) is 11.0. The summed E-state index contributed by atoms with van der Waals surface area (Å²) in [5.41, 5.74) is 0.988. The van der Waals surface area contributed by atoms with Gasteiger partial charge in [0.25, 0.3) is 0 Å². The second-order valence-corrected chi connectivity index (χ2v) is 4.87. The van der Waals surface area contributed by atoms with E-state index in [-0.39, 0.29) is 5.69 Å². The Labute approximate surface area is 115 Å². The molecule has 19 heavy (non-hydrogen) atoms. The van der Waals surface area contributed by atoms with E-state index in [1.54, 1.807) is 10.8 Å². The Kier molecular flexibility index (Phi) is 4.62. The maximum absolute atomic E-state index is 11.4. The number of aromatic amines is 1. The molecule has 0 saturated carbocycles. The monoisotopic (exact) mass is 279 g/mol. The quantitative estimate of drug-likeness (QED) is 0.787. The van der Waals surface area contributed by atoms with Crippen molar-refractivity contribution in [3.05, 3.63) is 34.4 Å². The summed E-state index contributed by atoms with van der Waals surface area (Å²) in [7, 11) is 0. The Morgan fingerprint density at radius 1 is 1.47 bits per heavy atom. The number of aromatic nitrogens is 4. The molecule has 0 spiro atoms. The number of nitrogens with zero attached hydrogens (tertiary/aromatic N) is 3. The Morgan fingerprint density at radius 3 is 3.05 bits per heavy atom. The third-order valence-electron chi connectivity index (χ3n) is 2.59. The van der Waals surface area contributed by atoms with Gasteiger partial charge in [0.05, 0.1) is 0 Å². The highest BCUT2D eigenvalue weighted by atomic mass is 32.2. The first-order valence-corrected chi connectivity index (χ1v) is 7.20. The molecule has 6 nitrogen and oxygen atoms in total. The number of hydrogen-bond donors (Lipinski definition) is 2. The summed E-state index contributed by atoms with van der Waals surface area (Å²) in [6, 6.07) is 3.98. The van der Waals surface area contributed by atoms with Crippen LogP contribution < -0.4 is 11.0 Å². The van der Waals surface area contributed by atoms with E-state index in [0.29, 0.717) is 11.7 Å². The van der Waals surface area contributed by atoms with Gasteiger partial charge in [-0.25, -0.2) is 14.9 Å². The summed E-state index contributed by atoms with van der Waals surface area (Å²) >= 11 is 1.54. The number of rotatable bonds is 6. The van der Waals surface area contributed by atoms with Gasteiger partial charge >= 0.3 is 5.69 Å². The van der Waals surface area contributed by atoms with Gasteiger partial charge in [0.2, 0.25) is 0 Å². The third kappa shape index (κ3) is 3.37. The molecule has 2 heterocycles. The van der Waals surface area contributed by atoms with Gasteiger partial charge in [-0.1, -0.05) is 11.8 Å². The van der Waals surface area contributed by atoms with Gasteiger partial charge in [0.1, 0.15) is 5.82 Å². The zero-order chi connectivity index (χ0) is 13.7. The molecule has 0 aliphatic rings. The van der Waals surface area contributed by atoms with Gasteiger partial charge in [-0.05, 0) is 31.5 Å². The minimum atomic E-state index is -0.159. The Balaban J connectivity index is 2.05. The molecule has 0 aromatic carbocycles. The number of nitrogens with one attached hydrogen (secondary N) is 2. The molecule has 0 aliphatic carbocycles. The van der Waals surface area contributed by atoms with Crippen LogP contribution in [-0.2, 0) is 12.3 Å². The Hall–Kier alpha value is -1.76. The van der Waals surface area contributed by atoms with E-state index in [2.05, 4.69) is 20.5 Å². The summed E-state index contributed by atoms with van der Waals surface area (Å²) in [4.78, 5) is 15.7. The summed E-state index contributed by atoms with van der Waals surface area (Å²) in [5.74, 6) is 1.63. The van der Waals surface area contributed by atoms with E-state index in [9.17, 15) is 4.79 Å². The fraction of sp³-hybridized carbons (Fsp3) is 0.417. The topological polar surface area (TPSA) is 75.6 Å². The van der Waals surface area contributed by atoms with Gasteiger partial charge in [-0.2, -0.15) is 0 Å². The lowest BCUT2D eigenvalue weighted by molar-refractivity contribution is 0.660. The first-order valence-electron chi connectivity index (χ1n) is 6.21. The molecule has 0 aliphatic heterocycles. The molecule has 0 fully saturated rings. The first-order chi connectivity index (χ1) is 9.24. The molecule has 2 N–H and O–H groups in total. The van der Waals surface area contributed by atoms with Crippen LogP contribution in [0.4, 0.5) is 5.82 Å². The number of hydrogen-bond acceptors (Lipinski definition) is 5. The molecule has 0 atom stereocenters. The normalized spacial score (nSPS) is 10.6. The largest absolute Gasteiger partial charge is 0.370 e. The van der Waals surface area contributed by atoms with Crippen molar-refractivity contribution >= 4 is 17.6 Å². The predicted octanol–water partition coefficient (Wildman–Crippen LogP) is 1.71. The van der Waals surface area contributed by atoms with Crippen LogP contribution in [0.2, 0.25) is 0 Å². The minimum absolute atomic E-state index is 0.159. The van der Waals surface area contributed by atoms with Crippen molar-refractivity contribution in [3.63, 3.8) is 0 Å². The fourth-order valence-corrected chi connectivity index (χ4v) is 2.64. The van der Waals surface area contributed by atoms with Gasteiger partial charge < -0.3 is 5.32 Å². The molecule has 7 heteroatoms. The van der Waals surface area contributed by atoms with Crippen molar-refractivity contribution in [2.75, 3.05) is 11.9 Å². The highest BCUT2D eigenvalue weighted by Crippen LogP contribution is 2.20. The van der Waals surface area contributed by atoms with Gasteiger partial charge in [0.15, 0.2) is 5.16 Å². The molecule has 0 radical (unpaired) electrons. The van der Waals surface area contributed by atoms with Gasteiger partial charge in [-0.3, -0.25) is 4.57 Å². The lowest BCUT2D eigenvalue weighted by Crippen LogP contribution is -2.16. The summed E-state index contributed by atoms with van der Waals surface area (Å²) in [6.07, 6.45) is 1.78. The zero-order valence-corrected chi connectivity index (χ0v) is 11.8. The maximum atomic E-state index is 11.4. The van der Waals surface area contributed by atoms with Gasteiger partial charge in [-0.15, -0.1) is 5.10 Å². The molecular formula is C12H17N5OS. The van der Waals surface area contributed by atoms with Gasteiger partial charge in [0, 0.05) is 25.0 Å². The van der Waals surface area contributed by atoms with E-state index in [0.717, 1.165) is 23.7 Å². The molecule has 102 valence electrons. The molecule has 2 aromatic rings. The Bertz CT molecular complexity index is 592. The number of pyridine rings is 1.